The number of ether oxygens (including phenoxy) is 1. The lowest BCUT2D eigenvalue weighted by Crippen LogP contribution is -2.21. The van der Waals surface area contributed by atoms with E-state index in [9.17, 15) is 0 Å². The molecule has 1 aromatic carbocycles. The standard InChI is InChI=1S/C23H34N6O/c1-6-7-8-19-26-20-21(23(30-16(4)5)28-27-22(20)24)29(19)14-18-11-9-17(10-12-18)13-25-15(2)3/h9-12,15-16,25H,6-8,13-14H2,1-5H3,(H2,24,27). The Morgan fingerprint density at radius 2 is 1.77 bits per heavy atom. The van der Waals surface area contributed by atoms with Gasteiger partial charge in [0.15, 0.2) is 5.82 Å². The number of aryl methyl sites for hydroxylation is 1. The number of nitrogens with two attached hydrogens (primary N) is 1. The van der Waals surface area contributed by atoms with Crippen LogP contribution in [0.25, 0.3) is 11.0 Å². The number of fused-ring (bicyclic) bond motifs is 1. The van der Waals surface area contributed by atoms with Gasteiger partial charge in [0, 0.05) is 25.6 Å². The number of imidazole rings is 1. The van der Waals surface area contributed by atoms with Gasteiger partial charge in [-0.2, -0.15) is 0 Å². The number of nitrogens with zero attached hydrogens (tertiary/aromatic N) is 4. The lowest BCUT2D eigenvalue weighted by atomic mass is 10.1. The maximum atomic E-state index is 6.13. The third kappa shape index (κ3) is 5.27. The van der Waals surface area contributed by atoms with E-state index in [0.29, 0.717) is 29.8 Å². The van der Waals surface area contributed by atoms with E-state index in [4.69, 9.17) is 15.5 Å². The number of nitrogens with one attached hydrogen (secondary N) is 1. The second-order valence-corrected chi connectivity index (χ2v) is 8.32. The maximum Gasteiger partial charge on any atom is 0.260 e. The van der Waals surface area contributed by atoms with Crippen LogP contribution < -0.4 is 15.8 Å². The van der Waals surface area contributed by atoms with Crippen LogP contribution >= 0.6 is 0 Å². The van der Waals surface area contributed by atoms with Crippen molar-refractivity contribution >= 4 is 16.9 Å². The summed E-state index contributed by atoms with van der Waals surface area (Å²) in [4.78, 5) is 4.83. The summed E-state index contributed by atoms with van der Waals surface area (Å²) >= 11 is 0. The van der Waals surface area contributed by atoms with E-state index in [1.165, 1.54) is 11.1 Å². The van der Waals surface area contributed by atoms with Gasteiger partial charge in [0.1, 0.15) is 16.9 Å². The van der Waals surface area contributed by atoms with Crippen LogP contribution in [-0.2, 0) is 19.5 Å². The van der Waals surface area contributed by atoms with Crippen molar-refractivity contribution in [2.75, 3.05) is 5.73 Å². The minimum absolute atomic E-state index is 0.0127. The van der Waals surface area contributed by atoms with Crippen molar-refractivity contribution in [2.24, 2.45) is 0 Å². The number of aromatic nitrogens is 4. The Morgan fingerprint density at radius 3 is 2.40 bits per heavy atom. The molecule has 0 aliphatic carbocycles. The van der Waals surface area contributed by atoms with E-state index in [0.717, 1.165) is 37.1 Å². The predicted octanol–water partition coefficient (Wildman–Crippen LogP) is 4.08. The van der Waals surface area contributed by atoms with Crippen molar-refractivity contribution < 1.29 is 4.74 Å². The van der Waals surface area contributed by atoms with Gasteiger partial charge in [-0.25, -0.2) is 4.98 Å². The number of rotatable bonds is 10. The van der Waals surface area contributed by atoms with Gasteiger partial charge in [0.2, 0.25) is 0 Å². The molecule has 0 spiro atoms. The summed E-state index contributed by atoms with van der Waals surface area (Å²) in [5.74, 6) is 1.82. The molecule has 0 aliphatic heterocycles. The van der Waals surface area contributed by atoms with Gasteiger partial charge in [-0.15, -0.1) is 10.2 Å². The van der Waals surface area contributed by atoms with Crippen LogP contribution in [-0.4, -0.2) is 31.9 Å². The van der Waals surface area contributed by atoms with E-state index in [2.05, 4.69) is 65.1 Å². The van der Waals surface area contributed by atoms with Crippen molar-refractivity contribution in [3.8, 4) is 5.88 Å². The van der Waals surface area contributed by atoms with E-state index in [1.807, 2.05) is 13.8 Å². The molecule has 162 valence electrons. The Hall–Kier alpha value is -2.67. The molecule has 7 nitrogen and oxygen atoms in total. The number of hydrogen-bond donors (Lipinski definition) is 2. The highest BCUT2D eigenvalue weighted by Crippen LogP contribution is 2.29. The average Bonchev–Trinajstić information content (AvgIpc) is 3.07. The minimum atomic E-state index is -0.0127. The SMILES string of the molecule is CCCCc1nc2c(N)nnc(OC(C)C)c2n1Cc1ccc(CNC(C)C)cc1. The summed E-state index contributed by atoms with van der Waals surface area (Å²) < 4.78 is 8.14. The lowest BCUT2D eigenvalue weighted by molar-refractivity contribution is 0.232. The number of anilines is 1. The molecular formula is C23H34N6O. The summed E-state index contributed by atoms with van der Waals surface area (Å²) in [5, 5.41) is 11.8. The van der Waals surface area contributed by atoms with Gasteiger partial charge in [-0.1, -0.05) is 51.5 Å². The molecule has 7 heteroatoms. The molecular weight excluding hydrogens is 376 g/mol. The smallest absolute Gasteiger partial charge is 0.260 e. The third-order valence-electron chi connectivity index (χ3n) is 4.92. The van der Waals surface area contributed by atoms with Crippen molar-refractivity contribution in [2.45, 2.75) is 79.1 Å². The Balaban J connectivity index is 1.98. The molecule has 2 heterocycles. The Kier molecular flexibility index (Phi) is 7.26. The van der Waals surface area contributed by atoms with Crippen LogP contribution in [0.15, 0.2) is 24.3 Å². The minimum Gasteiger partial charge on any atom is -0.472 e. The topological polar surface area (TPSA) is 90.9 Å². The molecule has 0 fully saturated rings. The molecule has 0 bridgehead atoms. The second-order valence-electron chi connectivity index (χ2n) is 8.32. The maximum absolute atomic E-state index is 6.13. The van der Waals surface area contributed by atoms with E-state index >= 15 is 0 Å². The summed E-state index contributed by atoms with van der Waals surface area (Å²) in [5.41, 5.74) is 10.1. The van der Waals surface area contributed by atoms with Crippen LogP contribution in [0.1, 0.15) is 64.4 Å². The highest BCUT2D eigenvalue weighted by Gasteiger charge is 2.20. The van der Waals surface area contributed by atoms with Crippen LogP contribution in [0.4, 0.5) is 5.82 Å². The van der Waals surface area contributed by atoms with Gasteiger partial charge in [0.25, 0.3) is 5.88 Å². The van der Waals surface area contributed by atoms with E-state index in [1.54, 1.807) is 0 Å². The Bertz CT molecular complexity index is 962. The fourth-order valence-electron chi connectivity index (χ4n) is 3.35. The number of unbranched alkanes of at least 4 members (excludes halogenated alkanes) is 1. The highest BCUT2D eigenvalue weighted by molar-refractivity contribution is 5.88. The first-order chi connectivity index (χ1) is 14.4. The quantitative estimate of drug-likeness (QED) is 0.523. The average molecular weight is 411 g/mol. The number of hydrogen-bond acceptors (Lipinski definition) is 6. The normalized spacial score (nSPS) is 11.7. The predicted molar refractivity (Wildman–Crippen MR) is 122 cm³/mol. The van der Waals surface area contributed by atoms with Crippen molar-refractivity contribution in [1.29, 1.82) is 0 Å². The van der Waals surface area contributed by atoms with Crippen molar-refractivity contribution in [3.63, 3.8) is 0 Å². The largest absolute Gasteiger partial charge is 0.472 e. The Morgan fingerprint density at radius 1 is 1.07 bits per heavy atom. The number of nitrogen functional groups attached to an aromatic ring is 1. The summed E-state index contributed by atoms with van der Waals surface area (Å²) in [6.07, 6.45) is 3.02. The zero-order valence-electron chi connectivity index (χ0n) is 18.8. The van der Waals surface area contributed by atoms with Crippen molar-refractivity contribution in [1.82, 2.24) is 25.1 Å². The van der Waals surface area contributed by atoms with Crippen LogP contribution in [0.5, 0.6) is 5.88 Å². The molecule has 0 saturated heterocycles. The second kappa shape index (κ2) is 9.89. The molecule has 3 N–H and O–H groups in total. The first-order valence-corrected chi connectivity index (χ1v) is 10.9. The monoisotopic (exact) mass is 410 g/mol. The highest BCUT2D eigenvalue weighted by atomic mass is 16.5. The van der Waals surface area contributed by atoms with E-state index in [-0.39, 0.29) is 6.10 Å². The first-order valence-electron chi connectivity index (χ1n) is 10.9. The van der Waals surface area contributed by atoms with Gasteiger partial charge >= 0.3 is 0 Å². The molecule has 3 rings (SSSR count). The summed E-state index contributed by atoms with van der Waals surface area (Å²) in [6, 6.07) is 9.17. The zero-order valence-corrected chi connectivity index (χ0v) is 18.8. The van der Waals surface area contributed by atoms with Crippen molar-refractivity contribution in [3.05, 3.63) is 41.2 Å². The zero-order chi connectivity index (χ0) is 21.7. The fourth-order valence-corrected chi connectivity index (χ4v) is 3.35. The number of benzene rings is 1. The molecule has 0 amide bonds. The lowest BCUT2D eigenvalue weighted by Gasteiger charge is -2.14. The molecule has 0 saturated carbocycles. The molecule has 0 atom stereocenters. The summed E-state index contributed by atoms with van der Waals surface area (Å²) in [7, 11) is 0. The van der Waals surface area contributed by atoms with Gasteiger partial charge in [-0.05, 0) is 31.4 Å². The van der Waals surface area contributed by atoms with Crippen LogP contribution in [0.3, 0.4) is 0 Å². The molecule has 0 aliphatic rings. The fraction of sp³-hybridized carbons (Fsp3) is 0.522. The molecule has 0 radical (unpaired) electrons. The van der Waals surface area contributed by atoms with Crippen LogP contribution in [0.2, 0.25) is 0 Å². The Labute approximate surface area is 179 Å². The molecule has 30 heavy (non-hydrogen) atoms. The summed E-state index contributed by atoms with van der Waals surface area (Å²) in [6.45, 7) is 12.0. The molecule has 0 unspecified atom stereocenters. The van der Waals surface area contributed by atoms with Gasteiger partial charge < -0.3 is 20.4 Å². The third-order valence-corrected chi connectivity index (χ3v) is 4.92. The first kappa shape index (κ1) is 22.0. The van der Waals surface area contributed by atoms with Gasteiger partial charge in [-0.3, -0.25) is 0 Å². The van der Waals surface area contributed by atoms with Gasteiger partial charge in [0.05, 0.1) is 6.10 Å². The molecule has 3 aromatic rings. The molecule has 2 aromatic heterocycles. The van der Waals surface area contributed by atoms with Crippen LogP contribution in [0, 0.1) is 0 Å². The van der Waals surface area contributed by atoms with E-state index < -0.39 is 0 Å².